The smallest absolute Gasteiger partial charge is 0.358 e. The fourth-order valence-corrected chi connectivity index (χ4v) is 1.50. The van der Waals surface area contributed by atoms with Crippen molar-refractivity contribution < 1.29 is 4.92 Å². The summed E-state index contributed by atoms with van der Waals surface area (Å²) in [7, 11) is 0. The maximum Gasteiger partial charge on any atom is 0.389 e. The van der Waals surface area contributed by atoms with Crippen LogP contribution in [0.5, 0.6) is 0 Å². The number of hydrogen-bond acceptors (Lipinski definition) is 4. The molecule has 0 aliphatic carbocycles. The van der Waals surface area contributed by atoms with Gasteiger partial charge in [0.2, 0.25) is 0 Å². The van der Waals surface area contributed by atoms with Crippen LogP contribution in [0.1, 0.15) is 13.3 Å². The second-order valence-corrected chi connectivity index (χ2v) is 3.48. The molecule has 1 rings (SSSR count). The normalized spacial score (nSPS) is 12.7. The van der Waals surface area contributed by atoms with E-state index < -0.39 is 4.92 Å². The van der Waals surface area contributed by atoms with Crippen LogP contribution in [-0.4, -0.2) is 20.5 Å². The molecule has 1 aromatic heterocycles. The summed E-state index contributed by atoms with van der Waals surface area (Å²) in [6.45, 7) is 2.76. The van der Waals surface area contributed by atoms with Gasteiger partial charge in [0.1, 0.15) is 0 Å². The number of nitro groups is 1. The number of hydrogen-bond donors (Lipinski definition) is 1. The van der Waals surface area contributed by atoms with Crippen molar-refractivity contribution in [2.45, 2.75) is 19.9 Å². The Bertz CT molecular complexity index is 309. The largest absolute Gasteiger partial charge is 0.389 e. The van der Waals surface area contributed by atoms with Gasteiger partial charge in [-0.2, -0.15) is 17.3 Å². The Hall–Kier alpha value is -1.04. The highest BCUT2D eigenvalue weighted by atomic mass is 32.1. The van der Waals surface area contributed by atoms with E-state index in [9.17, 15) is 10.1 Å². The Morgan fingerprint density at radius 3 is 2.93 bits per heavy atom. The van der Waals surface area contributed by atoms with Gasteiger partial charge < -0.3 is 10.1 Å². The second kappa shape index (κ2) is 4.99. The molecule has 14 heavy (non-hydrogen) atoms. The summed E-state index contributed by atoms with van der Waals surface area (Å²) < 4.78 is 1.60. The molecule has 1 atom stereocenters. The van der Waals surface area contributed by atoms with E-state index in [2.05, 4.69) is 24.7 Å². The van der Waals surface area contributed by atoms with E-state index in [4.69, 9.17) is 0 Å². The van der Waals surface area contributed by atoms with Crippen molar-refractivity contribution in [2.75, 3.05) is 5.75 Å². The molecular weight excluding hydrogens is 202 g/mol. The molecule has 0 aromatic carbocycles. The van der Waals surface area contributed by atoms with Gasteiger partial charge in [-0.3, -0.25) is 0 Å². The van der Waals surface area contributed by atoms with Crippen molar-refractivity contribution in [2.24, 2.45) is 5.92 Å². The molecule has 0 aliphatic heterocycles. The van der Waals surface area contributed by atoms with Gasteiger partial charge in [-0.05, 0) is 16.6 Å². The van der Waals surface area contributed by atoms with Crippen LogP contribution in [0.4, 0.5) is 5.82 Å². The van der Waals surface area contributed by atoms with Gasteiger partial charge in [0.15, 0.2) is 0 Å². The molecule has 0 saturated carbocycles. The van der Waals surface area contributed by atoms with E-state index in [1.54, 1.807) is 10.9 Å². The first-order valence-electron chi connectivity index (χ1n) is 4.46. The molecular formula is C8H13N3O2S. The molecule has 0 bridgehead atoms. The van der Waals surface area contributed by atoms with Crippen LogP contribution < -0.4 is 0 Å². The predicted molar refractivity (Wildman–Crippen MR) is 56.5 cm³/mol. The van der Waals surface area contributed by atoms with Crippen LogP contribution in [0.3, 0.4) is 0 Å². The Morgan fingerprint density at radius 2 is 2.50 bits per heavy atom. The van der Waals surface area contributed by atoms with Gasteiger partial charge in [-0.15, -0.1) is 0 Å². The van der Waals surface area contributed by atoms with Crippen LogP contribution in [-0.2, 0) is 6.54 Å². The lowest BCUT2D eigenvalue weighted by Gasteiger charge is -2.08. The Balaban J connectivity index is 2.63. The molecule has 1 unspecified atom stereocenters. The monoisotopic (exact) mass is 215 g/mol. The molecule has 6 heteroatoms. The SMILES string of the molecule is CCC(CS)Cn1ccc([N+](=O)[O-])n1. The molecule has 0 fully saturated rings. The molecule has 0 radical (unpaired) electrons. The zero-order valence-electron chi connectivity index (χ0n) is 7.96. The van der Waals surface area contributed by atoms with Gasteiger partial charge in [-0.25, -0.2) is 0 Å². The highest BCUT2D eigenvalue weighted by Gasteiger charge is 2.13. The summed E-state index contributed by atoms with van der Waals surface area (Å²) in [5.41, 5.74) is 0. The fraction of sp³-hybridized carbons (Fsp3) is 0.625. The molecule has 0 saturated heterocycles. The maximum atomic E-state index is 10.4. The van der Waals surface area contributed by atoms with Crippen LogP contribution in [0, 0.1) is 16.0 Å². The number of nitrogens with zero attached hydrogens (tertiary/aromatic N) is 3. The van der Waals surface area contributed by atoms with E-state index in [0.717, 1.165) is 12.2 Å². The molecule has 0 N–H and O–H groups in total. The molecule has 0 aliphatic rings. The first-order valence-corrected chi connectivity index (χ1v) is 5.09. The topological polar surface area (TPSA) is 61.0 Å². The minimum atomic E-state index is -0.488. The van der Waals surface area contributed by atoms with Crippen LogP contribution in [0.25, 0.3) is 0 Å². The standard InChI is InChI=1S/C8H13N3O2S/c1-2-7(6-14)5-10-4-3-8(9-10)11(12)13/h3-4,7,14H,2,5-6H2,1H3. The molecule has 1 heterocycles. The number of thiol groups is 1. The van der Waals surface area contributed by atoms with Crippen molar-refractivity contribution in [3.63, 3.8) is 0 Å². The molecule has 5 nitrogen and oxygen atoms in total. The lowest BCUT2D eigenvalue weighted by Crippen LogP contribution is -2.12. The first-order chi connectivity index (χ1) is 6.67. The average molecular weight is 215 g/mol. The van der Waals surface area contributed by atoms with Crippen LogP contribution >= 0.6 is 12.6 Å². The quantitative estimate of drug-likeness (QED) is 0.462. The summed E-state index contributed by atoms with van der Waals surface area (Å²) in [6.07, 6.45) is 2.63. The summed E-state index contributed by atoms with van der Waals surface area (Å²) >= 11 is 4.20. The lowest BCUT2D eigenvalue weighted by molar-refractivity contribution is -0.389. The maximum absolute atomic E-state index is 10.4. The van der Waals surface area contributed by atoms with Crippen molar-refractivity contribution in [3.05, 3.63) is 22.4 Å². The predicted octanol–water partition coefficient (Wildman–Crippen LogP) is 1.75. The lowest BCUT2D eigenvalue weighted by atomic mass is 10.1. The Labute approximate surface area is 87.7 Å². The summed E-state index contributed by atoms with van der Waals surface area (Å²) in [6, 6.07) is 1.41. The minimum absolute atomic E-state index is 0.0981. The van der Waals surface area contributed by atoms with Gasteiger partial charge in [0.25, 0.3) is 0 Å². The minimum Gasteiger partial charge on any atom is -0.358 e. The highest BCUT2D eigenvalue weighted by molar-refractivity contribution is 7.80. The van der Waals surface area contributed by atoms with Crippen molar-refractivity contribution in [1.82, 2.24) is 9.78 Å². The van der Waals surface area contributed by atoms with E-state index in [-0.39, 0.29) is 5.82 Å². The highest BCUT2D eigenvalue weighted by Crippen LogP contribution is 2.11. The van der Waals surface area contributed by atoms with Gasteiger partial charge in [-0.1, -0.05) is 13.3 Å². The number of rotatable bonds is 5. The van der Waals surface area contributed by atoms with Crippen molar-refractivity contribution >= 4 is 18.4 Å². The molecule has 1 aromatic rings. The Kier molecular flexibility index (Phi) is 3.94. The van der Waals surface area contributed by atoms with Gasteiger partial charge in [0.05, 0.1) is 23.9 Å². The summed E-state index contributed by atoms with van der Waals surface area (Å²) in [5.74, 6) is 1.08. The van der Waals surface area contributed by atoms with Gasteiger partial charge in [0, 0.05) is 0 Å². The van der Waals surface area contributed by atoms with Crippen LogP contribution in [0.2, 0.25) is 0 Å². The first kappa shape index (κ1) is 11.0. The van der Waals surface area contributed by atoms with Crippen molar-refractivity contribution in [3.8, 4) is 0 Å². The van der Waals surface area contributed by atoms with E-state index in [1.807, 2.05) is 0 Å². The third-order valence-electron chi connectivity index (χ3n) is 2.09. The average Bonchev–Trinajstić information content (AvgIpc) is 2.62. The fourth-order valence-electron chi connectivity index (χ4n) is 1.13. The number of aromatic nitrogens is 2. The zero-order chi connectivity index (χ0) is 10.6. The zero-order valence-corrected chi connectivity index (χ0v) is 8.85. The van der Waals surface area contributed by atoms with Gasteiger partial charge >= 0.3 is 5.82 Å². The van der Waals surface area contributed by atoms with Crippen LogP contribution in [0.15, 0.2) is 12.3 Å². The molecule has 0 spiro atoms. The second-order valence-electron chi connectivity index (χ2n) is 3.11. The molecule has 0 amide bonds. The van der Waals surface area contributed by atoms with Crippen molar-refractivity contribution in [1.29, 1.82) is 0 Å². The third-order valence-corrected chi connectivity index (χ3v) is 2.61. The van der Waals surface area contributed by atoms with E-state index in [1.165, 1.54) is 6.07 Å². The van der Waals surface area contributed by atoms with E-state index >= 15 is 0 Å². The Morgan fingerprint density at radius 1 is 1.79 bits per heavy atom. The summed E-state index contributed by atoms with van der Waals surface area (Å²) in [5, 5.41) is 14.2. The van der Waals surface area contributed by atoms with E-state index in [0.29, 0.717) is 12.5 Å². The third kappa shape index (κ3) is 2.73. The molecule has 78 valence electrons. The summed E-state index contributed by atoms with van der Waals surface area (Å²) in [4.78, 5) is 9.87.